The van der Waals surface area contributed by atoms with Crippen LogP contribution in [0.1, 0.15) is 37.1 Å². The first-order valence-electron chi connectivity index (χ1n) is 10.2. The molecular formula is C23H31ClN4O2. The molecule has 162 valence electrons. The molecule has 1 aromatic carbocycles. The zero-order valence-corrected chi connectivity index (χ0v) is 18.5. The van der Waals surface area contributed by atoms with Gasteiger partial charge in [0.15, 0.2) is 5.75 Å². The van der Waals surface area contributed by atoms with E-state index in [1.165, 1.54) is 6.07 Å². The standard InChI is InChI=1S/C23H30N4O2.ClH/c1-17-15-22(28)23(29)21(27(17)2)16-24-12-7-3-4-8-13-25-20-11-14-26-19-10-6-5-9-18(19)20;/h5-6,9-11,14-15,24,29H,3-4,7-8,12-13,16H2,1-2H3,(H,25,26);1H. The van der Waals surface area contributed by atoms with Crippen LogP contribution in [0.4, 0.5) is 5.69 Å². The first-order chi connectivity index (χ1) is 14.1. The Labute approximate surface area is 183 Å². The van der Waals surface area contributed by atoms with Crippen LogP contribution in [0, 0.1) is 6.92 Å². The molecule has 0 aliphatic heterocycles. The van der Waals surface area contributed by atoms with E-state index in [2.05, 4.69) is 21.7 Å². The third-order valence-electron chi connectivity index (χ3n) is 5.32. The fourth-order valence-electron chi connectivity index (χ4n) is 3.48. The molecule has 3 N–H and O–H groups in total. The molecule has 0 spiro atoms. The molecular weight excluding hydrogens is 400 g/mol. The van der Waals surface area contributed by atoms with Crippen LogP contribution in [0.2, 0.25) is 0 Å². The Hall–Kier alpha value is -2.57. The molecule has 0 aliphatic carbocycles. The normalized spacial score (nSPS) is 10.7. The first-order valence-corrected chi connectivity index (χ1v) is 10.2. The lowest BCUT2D eigenvalue weighted by Crippen LogP contribution is -2.21. The third-order valence-corrected chi connectivity index (χ3v) is 5.32. The molecule has 0 bridgehead atoms. The van der Waals surface area contributed by atoms with Crippen molar-refractivity contribution < 1.29 is 5.11 Å². The number of fused-ring (bicyclic) bond motifs is 1. The van der Waals surface area contributed by atoms with Crippen LogP contribution >= 0.6 is 12.4 Å². The summed E-state index contributed by atoms with van der Waals surface area (Å²) in [7, 11) is 1.87. The fraction of sp³-hybridized carbons (Fsp3) is 0.391. The number of nitrogens with zero attached hydrogens (tertiary/aromatic N) is 2. The summed E-state index contributed by atoms with van der Waals surface area (Å²) in [5.74, 6) is -0.152. The maximum Gasteiger partial charge on any atom is 0.223 e. The van der Waals surface area contributed by atoms with E-state index >= 15 is 0 Å². The molecule has 0 fully saturated rings. The number of hydrogen-bond acceptors (Lipinski definition) is 5. The lowest BCUT2D eigenvalue weighted by atomic mass is 10.1. The summed E-state index contributed by atoms with van der Waals surface area (Å²) in [6.45, 7) is 4.17. The number of aryl methyl sites for hydroxylation is 1. The highest BCUT2D eigenvalue weighted by Crippen LogP contribution is 2.21. The SMILES string of the molecule is Cc1cc(=O)c(O)c(CNCCCCCCNc2ccnc3ccccc23)n1C.Cl. The molecule has 0 saturated carbocycles. The van der Waals surface area contributed by atoms with E-state index in [0.29, 0.717) is 12.2 Å². The van der Waals surface area contributed by atoms with Crippen molar-refractivity contribution in [1.29, 1.82) is 0 Å². The fourth-order valence-corrected chi connectivity index (χ4v) is 3.48. The van der Waals surface area contributed by atoms with Gasteiger partial charge in [0.2, 0.25) is 5.43 Å². The highest BCUT2D eigenvalue weighted by molar-refractivity contribution is 5.90. The Morgan fingerprint density at radius 3 is 2.60 bits per heavy atom. The lowest BCUT2D eigenvalue weighted by molar-refractivity contribution is 0.445. The van der Waals surface area contributed by atoms with Crippen molar-refractivity contribution in [1.82, 2.24) is 14.9 Å². The van der Waals surface area contributed by atoms with Gasteiger partial charge in [-0.25, -0.2) is 0 Å². The van der Waals surface area contributed by atoms with Gasteiger partial charge in [0.25, 0.3) is 0 Å². The molecule has 7 heteroatoms. The van der Waals surface area contributed by atoms with Crippen molar-refractivity contribution in [3.63, 3.8) is 0 Å². The van der Waals surface area contributed by atoms with Crippen molar-refractivity contribution in [2.45, 2.75) is 39.2 Å². The number of halogens is 1. The molecule has 0 radical (unpaired) electrons. The van der Waals surface area contributed by atoms with Gasteiger partial charge in [-0.05, 0) is 38.4 Å². The predicted octanol–water partition coefficient (Wildman–Crippen LogP) is 4.13. The molecule has 2 aromatic heterocycles. The van der Waals surface area contributed by atoms with Gasteiger partial charge in [0.1, 0.15) is 0 Å². The van der Waals surface area contributed by atoms with Crippen LogP contribution in [0.3, 0.4) is 0 Å². The van der Waals surface area contributed by atoms with E-state index in [1.54, 1.807) is 0 Å². The summed E-state index contributed by atoms with van der Waals surface area (Å²) >= 11 is 0. The Bertz CT molecular complexity index is 1010. The second-order valence-corrected chi connectivity index (χ2v) is 7.40. The smallest absolute Gasteiger partial charge is 0.223 e. The highest BCUT2D eigenvalue weighted by Gasteiger charge is 2.09. The second-order valence-electron chi connectivity index (χ2n) is 7.40. The van der Waals surface area contributed by atoms with Crippen LogP contribution in [0.15, 0.2) is 47.4 Å². The highest BCUT2D eigenvalue weighted by atomic mass is 35.5. The van der Waals surface area contributed by atoms with Gasteiger partial charge in [0, 0.05) is 49.2 Å². The molecule has 0 atom stereocenters. The van der Waals surface area contributed by atoms with Crippen molar-refractivity contribution in [3.8, 4) is 5.75 Å². The van der Waals surface area contributed by atoms with Crippen LogP contribution in [0.5, 0.6) is 5.75 Å². The number of nitrogens with one attached hydrogen (secondary N) is 2. The van der Waals surface area contributed by atoms with Gasteiger partial charge in [0.05, 0.1) is 11.2 Å². The Balaban J connectivity index is 0.00000320. The topological polar surface area (TPSA) is 79.2 Å². The quantitative estimate of drug-likeness (QED) is 0.421. The largest absolute Gasteiger partial charge is 0.503 e. The number of aromatic hydroxyl groups is 1. The van der Waals surface area contributed by atoms with Crippen molar-refractivity contribution in [2.75, 3.05) is 18.4 Å². The molecule has 3 aromatic rings. The molecule has 3 rings (SSSR count). The zero-order valence-electron chi connectivity index (χ0n) is 17.6. The van der Waals surface area contributed by atoms with Crippen molar-refractivity contribution in [2.24, 2.45) is 7.05 Å². The summed E-state index contributed by atoms with van der Waals surface area (Å²) in [5, 5.41) is 18.0. The zero-order chi connectivity index (χ0) is 20.6. The van der Waals surface area contributed by atoms with Gasteiger partial charge in [-0.2, -0.15) is 0 Å². The first kappa shape index (κ1) is 23.7. The molecule has 0 amide bonds. The van der Waals surface area contributed by atoms with Gasteiger partial charge in [-0.15, -0.1) is 12.4 Å². The van der Waals surface area contributed by atoms with Crippen LogP contribution < -0.4 is 16.1 Å². The lowest BCUT2D eigenvalue weighted by Gasteiger charge is -2.14. The van der Waals surface area contributed by atoms with Crippen molar-refractivity contribution >= 4 is 29.0 Å². The van der Waals surface area contributed by atoms with E-state index in [0.717, 1.165) is 61.1 Å². The van der Waals surface area contributed by atoms with E-state index < -0.39 is 0 Å². The monoisotopic (exact) mass is 430 g/mol. The number of rotatable bonds is 10. The predicted molar refractivity (Wildman–Crippen MR) is 126 cm³/mol. The van der Waals surface area contributed by atoms with E-state index in [9.17, 15) is 9.90 Å². The van der Waals surface area contributed by atoms with Crippen LogP contribution in [0.25, 0.3) is 10.9 Å². The molecule has 0 unspecified atom stereocenters. The summed E-state index contributed by atoms with van der Waals surface area (Å²) in [4.78, 5) is 16.1. The van der Waals surface area contributed by atoms with Crippen LogP contribution in [-0.4, -0.2) is 27.7 Å². The van der Waals surface area contributed by atoms with E-state index in [1.807, 2.05) is 49.0 Å². The van der Waals surface area contributed by atoms with E-state index in [-0.39, 0.29) is 23.6 Å². The van der Waals surface area contributed by atoms with Gasteiger partial charge >= 0.3 is 0 Å². The van der Waals surface area contributed by atoms with Gasteiger partial charge in [-0.3, -0.25) is 9.78 Å². The van der Waals surface area contributed by atoms with Gasteiger partial charge < -0.3 is 20.3 Å². The number of unbranched alkanes of at least 4 members (excludes halogenated alkanes) is 3. The number of anilines is 1. The summed E-state index contributed by atoms with van der Waals surface area (Å²) in [5.41, 5.74) is 3.33. The van der Waals surface area contributed by atoms with Crippen molar-refractivity contribution in [3.05, 3.63) is 64.2 Å². The number of hydrogen-bond donors (Lipinski definition) is 3. The third kappa shape index (κ3) is 5.97. The number of pyridine rings is 2. The molecule has 2 heterocycles. The second kappa shape index (κ2) is 11.6. The molecule has 0 saturated heterocycles. The molecule has 0 aliphatic rings. The van der Waals surface area contributed by atoms with Gasteiger partial charge in [-0.1, -0.05) is 31.0 Å². The Morgan fingerprint density at radius 1 is 1.07 bits per heavy atom. The van der Waals surface area contributed by atoms with Crippen LogP contribution in [-0.2, 0) is 13.6 Å². The number of aromatic nitrogens is 2. The minimum atomic E-state index is -0.313. The average molecular weight is 431 g/mol. The minimum absolute atomic E-state index is 0. The summed E-state index contributed by atoms with van der Waals surface area (Å²) in [6, 6.07) is 11.7. The number of para-hydroxylation sites is 1. The van der Waals surface area contributed by atoms with E-state index in [4.69, 9.17) is 0 Å². The Kier molecular flexibility index (Phi) is 9.15. The molecule has 30 heavy (non-hydrogen) atoms. The summed E-state index contributed by atoms with van der Waals surface area (Å²) < 4.78 is 1.86. The maximum atomic E-state index is 11.7. The summed E-state index contributed by atoms with van der Waals surface area (Å²) in [6.07, 6.45) is 6.33. The average Bonchev–Trinajstić information content (AvgIpc) is 2.73. The minimum Gasteiger partial charge on any atom is -0.503 e. The Morgan fingerprint density at radius 2 is 1.80 bits per heavy atom. The number of benzene rings is 1. The molecule has 6 nitrogen and oxygen atoms in total. The maximum absolute atomic E-state index is 11.7.